The molecule has 8 nitrogen and oxygen atoms in total. The summed E-state index contributed by atoms with van der Waals surface area (Å²) in [6.07, 6.45) is 9.64. The molecule has 2 aliphatic rings. The first kappa shape index (κ1) is 22.3. The number of halogens is 2. The molecule has 1 saturated heterocycles. The van der Waals surface area contributed by atoms with Crippen LogP contribution in [0.5, 0.6) is 5.88 Å². The molecule has 1 aliphatic heterocycles. The largest absolute Gasteiger partial charge is 0.474 e. The highest BCUT2D eigenvalue weighted by atomic mass is 127. The highest BCUT2D eigenvalue weighted by Crippen LogP contribution is 2.32. The molecule has 5 rings (SSSR count). The second kappa shape index (κ2) is 10.2. The number of rotatable bonds is 5. The van der Waals surface area contributed by atoms with Crippen LogP contribution in [0.3, 0.4) is 0 Å². The van der Waals surface area contributed by atoms with Gasteiger partial charge in [-0.3, -0.25) is 4.98 Å². The summed E-state index contributed by atoms with van der Waals surface area (Å²) in [5, 5.41) is 4.43. The molecule has 32 heavy (non-hydrogen) atoms. The fourth-order valence-corrected chi connectivity index (χ4v) is 4.88. The molecule has 0 spiro atoms. The number of fused-ring (bicyclic) bond motifs is 1. The number of nitrogens with zero attached hydrogens (tertiary/aromatic N) is 5. The van der Waals surface area contributed by atoms with E-state index in [1.165, 1.54) is 0 Å². The summed E-state index contributed by atoms with van der Waals surface area (Å²) < 4.78 is 14.1. The van der Waals surface area contributed by atoms with Crippen LogP contribution in [0.15, 0.2) is 30.7 Å². The highest BCUT2D eigenvalue weighted by molar-refractivity contribution is 14.1. The van der Waals surface area contributed by atoms with Crippen LogP contribution in [0.1, 0.15) is 25.7 Å². The third-order valence-corrected chi connectivity index (χ3v) is 6.99. The molecule has 1 saturated carbocycles. The second-order valence-corrected chi connectivity index (χ2v) is 10.6. The Hall–Kier alpha value is -1.54. The highest BCUT2D eigenvalue weighted by Gasteiger charge is 2.25. The number of morpholine rings is 1. The first-order valence-corrected chi connectivity index (χ1v) is 13.0. The van der Waals surface area contributed by atoms with E-state index in [9.17, 15) is 0 Å². The van der Waals surface area contributed by atoms with Gasteiger partial charge in [-0.2, -0.15) is 4.98 Å². The van der Waals surface area contributed by atoms with Crippen molar-refractivity contribution in [1.29, 1.82) is 0 Å². The summed E-state index contributed by atoms with van der Waals surface area (Å²) in [7, 11) is 0. The summed E-state index contributed by atoms with van der Waals surface area (Å²) in [6, 6.07) is 4.53. The summed E-state index contributed by atoms with van der Waals surface area (Å²) >= 11 is 4.50. The number of pyridine rings is 2. The van der Waals surface area contributed by atoms with Gasteiger partial charge in [-0.25, -0.2) is 9.97 Å². The van der Waals surface area contributed by atoms with Crippen LogP contribution in [0.2, 0.25) is 0 Å². The number of ether oxygens (including phenoxy) is 2. The molecular formula is C22H24I2N6O2. The monoisotopic (exact) mass is 658 g/mol. The van der Waals surface area contributed by atoms with Crippen molar-refractivity contribution in [2.24, 2.45) is 0 Å². The van der Waals surface area contributed by atoms with Gasteiger partial charge in [0.05, 0.1) is 24.1 Å². The smallest absolute Gasteiger partial charge is 0.225 e. The normalized spacial score (nSPS) is 21.5. The fourth-order valence-electron chi connectivity index (χ4n) is 4.15. The van der Waals surface area contributed by atoms with E-state index in [1.807, 2.05) is 18.6 Å². The van der Waals surface area contributed by atoms with Crippen LogP contribution < -0.4 is 15.0 Å². The van der Waals surface area contributed by atoms with E-state index < -0.39 is 0 Å². The van der Waals surface area contributed by atoms with Crippen LogP contribution in [0.25, 0.3) is 10.9 Å². The van der Waals surface area contributed by atoms with Crippen LogP contribution in [0.4, 0.5) is 11.8 Å². The van der Waals surface area contributed by atoms with Gasteiger partial charge in [-0.05, 0) is 76.9 Å². The van der Waals surface area contributed by atoms with Crippen molar-refractivity contribution in [2.75, 3.05) is 36.5 Å². The summed E-state index contributed by atoms with van der Waals surface area (Å²) in [5.41, 5.74) is 0.920. The van der Waals surface area contributed by atoms with E-state index in [0.29, 0.717) is 17.9 Å². The van der Waals surface area contributed by atoms with Crippen molar-refractivity contribution in [3.8, 4) is 5.88 Å². The molecular weight excluding hydrogens is 634 g/mol. The predicted octanol–water partition coefficient (Wildman–Crippen LogP) is 4.27. The first-order chi connectivity index (χ1) is 15.6. The summed E-state index contributed by atoms with van der Waals surface area (Å²) in [5.74, 6) is 2.30. The van der Waals surface area contributed by atoms with Crippen molar-refractivity contribution < 1.29 is 9.47 Å². The van der Waals surface area contributed by atoms with Crippen LogP contribution in [0, 0.1) is 7.14 Å². The predicted molar refractivity (Wildman–Crippen MR) is 140 cm³/mol. The lowest BCUT2D eigenvalue weighted by Gasteiger charge is -2.31. The molecule has 10 heteroatoms. The Morgan fingerprint density at radius 2 is 1.66 bits per heavy atom. The van der Waals surface area contributed by atoms with E-state index in [2.05, 4.69) is 82.5 Å². The lowest BCUT2D eigenvalue weighted by molar-refractivity contribution is 0.122. The van der Waals surface area contributed by atoms with Gasteiger partial charge in [0.2, 0.25) is 11.8 Å². The third-order valence-electron chi connectivity index (χ3n) is 5.84. The van der Waals surface area contributed by atoms with Gasteiger partial charge >= 0.3 is 0 Å². The molecule has 0 amide bonds. The molecule has 4 heterocycles. The molecule has 0 radical (unpaired) electrons. The van der Waals surface area contributed by atoms with Crippen molar-refractivity contribution in [3.63, 3.8) is 0 Å². The fraction of sp³-hybridized carbons (Fsp3) is 0.455. The van der Waals surface area contributed by atoms with Crippen LogP contribution in [-0.2, 0) is 4.74 Å². The molecule has 2 fully saturated rings. The van der Waals surface area contributed by atoms with Crippen molar-refractivity contribution in [3.05, 3.63) is 37.9 Å². The molecule has 3 aromatic heterocycles. The van der Waals surface area contributed by atoms with E-state index in [4.69, 9.17) is 14.5 Å². The topological polar surface area (TPSA) is 85.3 Å². The van der Waals surface area contributed by atoms with E-state index in [0.717, 1.165) is 75.8 Å². The second-order valence-electron chi connectivity index (χ2n) is 8.07. The summed E-state index contributed by atoms with van der Waals surface area (Å²) in [4.78, 5) is 20.5. The Morgan fingerprint density at radius 1 is 0.938 bits per heavy atom. The average Bonchev–Trinajstić information content (AvgIpc) is 2.82. The summed E-state index contributed by atoms with van der Waals surface area (Å²) in [6.45, 7) is 3.11. The number of anilines is 2. The molecule has 0 aromatic carbocycles. The van der Waals surface area contributed by atoms with Gasteiger partial charge in [0.25, 0.3) is 0 Å². The van der Waals surface area contributed by atoms with Gasteiger partial charge in [-0.15, -0.1) is 0 Å². The maximum absolute atomic E-state index is 6.50. The molecule has 1 N–H and O–H groups in total. The molecule has 3 aromatic rings. The van der Waals surface area contributed by atoms with Crippen molar-refractivity contribution in [2.45, 2.75) is 37.8 Å². The quantitative estimate of drug-likeness (QED) is 0.408. The maximum Gasteiger partial charge on any atom is 0.225 e. The number of hydrogen-bond donors (Lipinski definition) is 1. The Morgan fingerprint density at radius 3 is 2.41 bits per heavy atom. The Kier molecular flexibility index (Phi) is 7.07. The van der Waals surface area contributed by atoms with Crippen molar-refractivity contribution in [1.82, 2.24) is 19.9 Å². The van der Waals surface area contributed by atoms with Gasteiger partial charge in [0, 0.05) is 50.9 Å². The van der Waals surface area contributed by atoms with Gasteiger partial charge < -0.3 is 19.7 Å². The van der Waals surface area contributed by atoms with Gasteiger partial charge in [0.15, 0.2) is 0 Å². The zero-order chi connectivity index (χ0) is 21.9. The number of hydrogen-bond acceptors (Lipinski definition) is 8. The number of aromatic nitrogens is 4. The van der Waals surface area contributed by atoms with Crippen molar-refractivity contribution >= 4 is 67.9 Å². The third kappa shape index (κ3) is 5.33. The lowest BCUT2D eigenvalue weighted by atomic mass is 9.93. The molecule has 0 bridgehead atoms. The minimum Gasteiger partial charge on any atom is -0.474 e. The zero-order valence-electron chi connectivity index (χ0n) is 17.5. The SMILES string of the molecule is Ic1cnc(N[C@H]2CC[C@@H](Oc3nc(N4CCOCC4)cc4ncc(I)cc34)CC2)nc1. The van der Waals surface area contributed by atoms with E-state index >= 15 is 0 Å². The van der Waals surface area contributed by atoms with E-state index in [1.54, 1.807) is 0 Å². The Balaban J connectivity index is 1.30. The minimum atomic E-state index is 0.138. The molecule has 0 unspecified atom stereocenters. The Bertz CT molecular complexity index is 1070. The van der Waals surface area contributed by atoms with Gasteiger partial charge in [0.1, 0.15) is 11.9 Å². The average molecular weight is 658 g/mol. The van der Waals surface area contributed by atoms with Gasteiger partial charge in [-0.1, -0.05) is 0 Å². The lowest BCUT2D eigenvalue weighted by Crippen LogP contribution is -2.37. The molecule has 168 valence electrons. The standard InChI is InChI=1S/C22H24I2N6O2/c23-14-9-18-19(25-11-14)10-20(30-5-7-31-8-6-30)29-21(18)32-17-3-1-16(2-4-17)28-22-26-12-15(24)13-27-22/h9-13,16-17H,1-8H2,(H,26,27,28)/t16-,17+. The Labute approximate surface area is 214 Å². The molecule has 1 aliphatic carbocycles. The first-order valence-electron chi connectivity index (χ1n) is 10.8. The molecule has 0 atom stereocenters. The minimum absolute atomic E-state index is 0.138. The van der Waals surface area contributed by atoms with E-state index in [-0.39, 0.29) is 6.10 Å². The van der Waals surface area contributed by atoms with Crippen LogP contribution >= 0.6 is 45.2 Å². The maximum atomic E-state index is 6.50. The zero-order valence-corrected chi connectivity index (χ0v) is 21.8. The number of nitrogens with one attached hydrogen (secondary N) is 1. The van der Waals surface area contributed by atoms with Crippen LogP contribution in [-0.4, -0.2) is 58.4 Å².